The van der Waals surface area contributed by atoms with E-state index in [1.807, 2.05) is 0 Å². The second-order valence-corrected chi connectivity index (χ2v) is 4.59. The smallest absolute Gasteiger partial charge is 0.339 e. The summed E-state index contributed by atoms with van der Waals surface area (Å²) in [6.07, 6.45) is -3.57. The van der Waals surface area contributed by atoms with Gasteiger partial charge in [-0.25, -0.2) is 4.98 Å². The molecule has 1 heterocycles. The van der Waals surface area contributed by atoms with Crippen molar-refractivity contribution >= 4 is 40.9 Å². The van der Waals surface area contributed by atoms with Gasteiger partial charge in [0, 0.05) is 11.9 Å². The van der Waals surface area contributed by atoms with Crippen molar-refractivity contribution in [2.75, 3.05) is 5.32 Å². The van der Waals surface area contributed by atoms with Crippen LogP contribution < -0.4 is 5.32 Å². The summed E-state index contributed by atoms with van der Waals surface area (Å²) in [5.41, 5.74) is -0.549. The standard InChI is InChI=1S/C12H7Cl2F3N4/c13-9-8(5-18)10(21-11(14)20-9)19-7-3-1-2-6(4-7)12(15,16)17/h1-5,18H,(H,19,20,21). The number of hydrogen-bond acceptors (Lipinski definition) is 4. The van der Waals surface area contributed by atoms with E-state index < -0.39 is 11.7 Å². The van der Waals surface area contributed by atoms with Gasteiger partial charge in [0.2, 0.25) is 5.28 Å². The highest BCUT2D eigenvalue weighted by Crippen LogP contribution is 2.32. The Balaban J connectivity index is 2.41. The molecule has 0 bridgehead atoms. The molecule has 0 saturated carbocycles. The van der Waals surface area contributed by atoms with E-state index in [0.717, 1.165) is 18.3 Å². The van der Waals surface area contributed by atoms with E-state index >= 15 is 0 Å². The Bertz CT molecular complexity index is 689. The van der Waals surface area contributed by atoms with Gasteiger partial charge in [-0.15, -0.1) is 0 Å². The third-order valence-corrected chi connectivity index (χ3v) is 2.93. The summed E-state index contributed by atoms with van der Waals surface area (Å²) in [6, 6.07) is 4.53. The summed E-state index contributed by atoms with van der Waals surface area (Å²) in [5.74, 6) is 0.0503. The normalized spacial score (nSPS) is 11.3. The number of halogens is 5. The van der Waals surface area contributed by atoms with Crippen molar-refractivity contribution in [3.63, 3.8) is 0 Å². The molecule has 0 unspecified atom stereocenters. The number of aromatic nitrogens is 2. The van der Waals surface area contributed by atoms with Crippen LogP contribution >= 0.6 is 23.2 Å². The van der Waals surface area contributed by atoms with Crippen LogP contribution in [0.5, 0.6) is 0 Å². The van der Waals surface area contributed by atoms with Crippen molar-refractivity contribution in [3.8, 4) is 0 Å². The fourth-order valence-corrected chi connectivity index (χ4v) is 1.99. The monoisotopic (exact) mass is 334 g/mol. The molecule has 2 N–H and O–H groups in total. The Labute approximate surface area is 127 Å². The minimum absolute atomic E-state index is 0.0503. The number of alkyl halides is 3. The third-order valence-electron chi connectivity index (χ3n) is 2.47. The van der Waals surface area contributed by atoms with Gasteiger partial charge in [-0.1, -0.05) is 17.7 Å². The molecular weight excluding hydrogens is 328 g/mol. The van der Waals surface area contributed by atoms with Crippen molar-refractivity contribution in [1.82, 2.24) is 9.97 Å². The van der Waals surface area contributed by atoms with Gasteiger partial charge in [-0.05, 0) is 29.8 Å². The lowest BCUT2D eigenvalue weighted by Gasteiger charge is -2.12. The maximum absolute atomic E-state index is 12.6. The zero-order chi connectivity index (χ0) is 15.6. The summed E-state index contributed by atoms with van der Waals surface area (Å²) < 4.78 is 37.9. The molecule has 110 valence electrons. The molecular formula is C12H7Cl2F3N4. The van der Waals surface area contributed by atoms with E-state index in [9.17, 15) is 13.2 Å². The molecule has 2 rings (SSSR count). The summed E-state index contributed by atoms with van der Waals surface area (Å²) in [4.78, 5) is 7.47. The Hall–Kier alpha value is -1.86. The fourth-order valence-electron chi connectivity index (χ4n) is 1.55. The summed E-state index contributed by atoms with van der Waals surface area (Å²) in [6.45, 7) is 0. The molecule has 0 aliphatic carbocycles. The SMILES string of the molecule is N=Cc1c(Cl)nc(Cl)nc1Nc1cccc(C(F)(F)F)c1. The zero-order valence-electron chi connectivity index (χ0n) is 10.2. The zero-order valence-corrected chi connectivity index (χ0v) is 11.7. The molecule has 21 heavy (non-hydrogen) atoms. The Morgan fingerprint density at radius 2 is 1.90 bits per heavy atom. The van der Waals surface area contributed by atoms with Gasteiger partial charge in [0.15, 0.2) is 0 Å². The quantitative estimate of drug-likeness (QED) is 0.492. The molecule has 0 fully saturated rings. The highest BCUT2D eigenvalue weighted by atomic mass is 35.5. The second-order valence-electron chi connectivity index (χ2n) is 3.89. The Kier molecular flexibility index (Phi) is 4.34. The van der Waals surface area contributed by atoms with E-state index in [0.29, 0.717) is 0 Å². The lowest BCUT2D eigenvalue weighted by Crippen LogP contribution is -2.06. The molecule has 0 aliphatic heterocycles. The first-order valence-electron chi connectivity index (χ1n) is 5.49. The van der Waals surface area contributed by atoms with E-state index in [1.54, 1.807) is 0 Å². The number of anilines is 2. The molecule has 0 atom stereocenters. The first-order chi connectivity index (χ1) is 9.81. The number of nitrogens with one attached hydrogen (secondary N) is 2. The lowest BCUT2D eigenvalue weighted by molar-refractivity contribution is -0.137. The number of hydrogen-bond donors (Lipinski definition) is 2. The van der Waals surface area contributed by atoms with Gasteiger partial charge in [-0.3, -0.25) is 0 Å². The Morgan fingerprint density at radius 3 is 2.52 bits per heavy atom. The van der Waals surface area contributed by atoms with E-state index in [4.69, 9.17) is 28.6 Å². The minimum Gasteiger partial charge on any atom is -0.339 e. The number of nitrogens with zero attached hydrogens (tertiary/aromatic N) is 2. The molecule has 0 amide bonds. The van der Waals surface area contributed by atoms with Crippen LogP contribution in [0.15, 0.2) is 24.3 Å². The summed E-state index contributed by atoms with van der Waals surface area (Å²) in [7, 11) is 0. The van der Waals surface area contributed by atoms with Crippen molar-refractivity contribution in [1.29, 1.82) is 5.41 Å². The lowest BCUT2D eigenvalue weighted by atomic mass is 10.2. The maximum Gasteiger partial charge on any atom is 0.416 e. The van der Waals surface area contributed by atoms with Gasteiger partial charge in [0.25, 0.3) is 0 Å². The van der Waals surface area contributed by atoms with Crippen LogP contribution in [0.3, 0.4) is 0 Å². The average Bonchev–Trinajstić information content (AvgIpc) is 2.37. The molecule has 1 aromatic heterocycles. The molecule has 0 saturated heterocycles. The van der Waals surface area contributed by atoms with Crippen LogP contribution in [-0.2, 0) is 6.18 Å². The van der Waals surface area contributed by atoms with Crippen LogP contribution in [0.25, 0.3) is 0 Å². The van der Waals surface area contributed by atoms with Crippen LogP contribution in [-0.4, -0.2) is 16.2 Å². The van der Waals surface area contributed by atoms with Gasteiger partial charge in [-0.2, -0.15) is 18.2 Å². The van der Waals surface area contributed by atoms with Crippen LogP contribution in [0.4, 0.5) is 24.7 Å². The molecule has 0 aliphatic rings. The van der Waals surface area contributed by atoms with Crippen molar-refractivity contribution in [2.24, 2.45) is 0 Å². The molecule has 0 radical (unpaired) electrons. The highest BCUT2D eigenvalue weighted by Gasteiger charge is 2.30. The summed E-state index contributed by atoms with van der Waals surface area (Å²) in [5, 5.41) is 9.65. The van der Waals surface area contributed by atoms with Crippen LogP contribution in [0, 0.1) is 5.41 Å². The molecule has 4 nitrogen and oxygen atoms in total. The highest BCUT2D eigenvalue weighted by molar-refractivity contribution is 6.34. The van der Waals surface area contributed by atoms with Crippen molar-refractivity contribution in [3.05, 3.63) is 45.8 Å². The minimum atomic E-state index is -4.46. The third kappa shape index (κ3) is 3.62. The van der Waals surface area contributed by atoms with Crippen molar-refractivity contribution < 1.29 is 13.2 Å². The predicted octanol–water partition coefficient (Wildman–Crippen LogP) is 4.54. The van der Waals surface area contributed by atoms with E-state index in [2.05, 4.69) is 15.3 Å². The first-order valence-corrected chi connectivity index (χ1v) is 6.24. The summed E-state index contributed by atoms with van der Waals surface area (Å²) >= 11 is 11.4. The topological polar surface area (TPSA) is 61.7 Å². The molecule has 9 heteroatoms. The van der Waals surface area contributed by atoms with Gasteiger partial charge < -0.3 is 10.7 Å². The molecule has 0 spiro atoms. The van der Waals surface area contributed by atoms with Crippen LogP contribution in [0.1, 0.15) is 11.1 Å². The fraction of sp³-hybridized carbons (Fsp3) is 0.0833. The predicted molar refractivity (Wildman–Crippen MR) is 74.7 cm³/mol. The molecule has 1 aromatic carbocycles. The number of benzene rings is 1. The molecule has 2 aromatic rings. The average molecular weight is 335 g/mol. The second kappa shape index (κ2) is 5.87. The van der Waals surface area contributed by atoms with Gasteiger partial charge in [0.1, 0.15) is 11.0 Å². The first kappa shape index (κ1) is 15.5. The Morgan fingerprint density at radius 1 is 1.19 bits per heavy atom. The van der Waals surface area contributed by atoms with Crippen LogP contribution in [0.2, 0.25) is 10.4 Å². The van der Waals surface area contributed by atoms with Crippen molar-refractivity contribution in [2.45, 2.75) is 6.18 Å². The largest absolute Gasteiger partial charge is 0.416 e. The van der Waals surface area contributed by atoms with E-state index in [-0.39, 0.29) is 27.5 Å². The van der Waals surface area contributed by atoms with E-state index in [1.165, 1.54) is 12.1 Å². The number of rotatable bonds is 3. The maximum atomic E-state index is 12.6. The van der Waals surface area contributed by atoms with Gasteiger partial charge in [0.05, 0.1) is 11.1 Å². The van der Waals surface area contributed by atoms with Gasteiger partial charge >= 0.3 is 6.18 Å².